The van der Waals surface area contributed by atoms with Crippen LogP contribution in [0.1, 0.15) is 11.7 Å². The van der Waals surface area contributed by atoms with Crippen LogP contribution in [0, 0.1) is 5.92 Å². The van der Waals surface area contributed by atoms with E-state index < -0.39 is 0 Å². The standard InChI is InChI=1S/C16H16ClNO.ClH/c17-14-8-6-12(7-9-14)16(13-10-18-11-13)19-15-4-2-1-3-5-15;/h1-9,13,16,18H,10-11H2;1H/t16-;/m1./s1. The highest BCUT2D eigenvalue weighted by atomic mass is 35.5. The molecule has 1 saturated heterocycles. The fourth-order valence-corrected chi connectivity index (χ4v) is 2.39. The van der Waals surface area contributed by atoms with Crippen molar-refractivity contribution in [1.82, 2.24) is 5.32 Å². The third kappa shape index (κ3) is 3.45. The summed E-state index contributed by atoms with van der Waals surface area (Å²) < 4.78 is 6.16. The highest BCUT2D eigenvalue weighted by molar-refractivity contribution is 6.30. The minimum atomic E-state index is 0. The van der Waals surface area contributed by atoms with Gasteiger partial charge in [0, 0.05) is 24.0 Å². The first-order chi connectivity index (χ1) is 9.33. The van der Waals surface area contributed by atoms with E-state index in [4.69, 9.17) is 16.3 Å². The number of rotatable bonds is 4. The average molecular weight is 310 g/mol. The van der Waals surface area contributed by atoms with Gasteiger partial charge in [0.2, 0.25) is 0 Å². The van der Waals surface area contributed by atoms with Crippen molar-refractivity contribution in [3.8, 4) is 5.75 Å². The Kier molecular flexibility index (Phi) is 5.30. The van der Waals surface area contributed by atoms with Crippen LogP contribution >= 0.6 is 24.0 Å². The van der Waals surface area contributed by atoms with Gasteiger partial charge in [-0.1, -0.05) is 41.9 Å². The summed E-state index contributed by atoms with van der Waals surface area (Å²) in [5.74, 6) is 1.43. The van der Waals surface area contributed by atoms with E-state index in [1.54, 1.807) is 0 Å². The predicted molar refractivity (Wildman–Crippen MR) is 84.9 cm³/mol. The summed E-state index contributed by atoms with van der Waals surface area (Å²) in [4.78, 5) is 0. The van der Waals surface area contributed by atoms with Crippen LogP contribution in [-0.2, 0) is 0 Å². The summed E-state index contributed by atoms with van der Waals surface area (Å²) in [5, 5.41) is 4.06. The van der Waals surface area contributed by atoms with Crippen LogP contribution in [0.5, 0.6) is 5.75 Å². The molecule has 0 aliphatic carbocycles. The second kappa shape index (κ2) is 6.98. The van der Waals surface area contributed by atoms with Crippen LogP contribution in [0.3, 0.4) is 0 Å². The van der Waals surface area contributed by atoms with Gasteiger partial charge in [0.25, 0.3) is 0 Å². The van der Waals surface area contributed by atoms with Gasteiger partial charge in [-0.15, -0.1) is 12.4 Å². The van der Waals surface area contributed by atoms with Crippen LogP contribution in [0.2, 0.25) is 5.02 Å². The van der Waals surface area contributed by atoms with Crippen molar-refractivity contribution >= 4 is 24.0 Å². The van der Waals surface area contributed by atoms with Gasteiger partial charge in [0.15, 0.2) is 0 Å². The van der Waals surface area contributed by atoms with Crippen molar-refractivity contribution in [2.24, 2.45) is 5.92 Å². The average Bonchev–Trinajstić information content (AvgIpc) is 2.38. The summed E-state index contributed by atoms with van der Waals surface area (Å²) >= 11 is 5.95. The van der Waals surface area contributed by atoms with Gasteiger partial charge in [-0.2, -0.15) is 0 Å². The molecule has 2 nitrogen and oxygen atoms in total. The molecule has 1 aliphatic rings. The molecule has 2 aromatic carbocycles. The number of hydrogen-bond donors (Lipinski definition) is 1. The van der Waals surface area contributed by atoms with E-state index in [1.807, 2.05) is 54.6 Å². The van der Waals surface area contributed by atoms with E-state index in [1.165, 1.54) is 5.56 Å². The first kappa shape index (κ1) is 15.2. The van der Waals surface area contributed by atoms with Crippen molar-refractivity contribution in [2.75, 3.05) is 13.1 Å². The number of hydrogen-bond acceptors (Lipinski definition) is 2. The first-order valence-electron chi connectivity index (χ1n) is 6.51. The van der Waals surface area contributed by atoms with Crippen LogP contribution in [0.25, 0.3) is 0 Å². The van der Waals surface area contributed by atoms with E-state index in [0.29, 0.717) is 5.92 Å². The molecule has 3 rings (SSSR count). The SMILES string of the molecule is Cl.Clc1ccc([C@@H](Oc2ccccc2)C2CNC2)cc1. The molecule has 0 saturated carbocycles. The summed E-state index contributed by atoms with van der Waals surface area (Å²) in [7, 11) is 0. The van der Waals surface area contributed by atoms with Crippen LogP contribution < -0.4 is 10.1 Å². The van der Waals surface area contributed by atoms with Crippen molar-refractivity contribution in [1.29, 1.82) is 0 Å². The number of nitrogens with one attached hydrogen (secondary N) is 1. The summed E-state index contributed by atoms with van der Waals surface area (Å²) in [6.07, 6.45) is 0.0842. The Morgan fingerprint density at radius 1 is 1.00 bits per heavy atom. The van der Waals surface area contributed by atoms with Gasteiger partial charge in [0.05, 0.1) is 0 Å². The summed E-state index contributed by atoms with van der Waals surface area (Å²) in [6.45, 7) is 2.00. The molecule has 20 heavy (non-hydrogen) atoms. The Morgan fingerprint density at radius 2 is 1.65 bits per heavy atom. The van der Waals surface area contributed by atoms with Gasteiger partial charge in [-0.25, -0.2) is 0 Å². The van der Waals surface area contributed by atoms with Gasteiger partial charge in [0.1, 0.15) is 11.9 Å². The van der Waals surface area contributed by atoms with Gasteiger partial charge >= 0.3 is 0 Å². The molecular formula is C16H17Cl2NO. The zero-order chi connectivity index (χ0) is 13.1. The Hall–Kier alpha value is -1.22. The molecule has 1 heterocycles. The Balaban J connectivity index is 0.00000147. The molecule has 1 N–H and O–H groups in total. The lowest BCUT2D eigenvalue weighted by Gasteiger charge is -2.35. The molecule has 0 radical (unpaired) electrons. The molecule has 1 aliphatic heterocycles. The normalized spacial score (nSPS) is 15.8. The maximum atomic E-state index is 6.16. The maximum Gasteiger partial charge on any atom is 0.129 e. The Bertz CT molecular complexity index is 526. The minimum absolute atomic E-state index is 0. The quantitative estimate of drug-likeness (QED) is 0.918. The van der Waals surface area contributed by atoms with E-state index in [9.17, 15) is 0 Å². The molecule has 4 heteroatoms. The van der Waals surface area contributed by atoms with Gasteiger partial charge in [-0.3, -0.25) is 0 Å². The van der Waals surface area contributed by atoms with Crippen molar-refractivity contribution in [2.45, 2.75) is 6.10 Å². The van der Waals surface area contributed by atoms with Crippen LogP contribution in [-0.4, -0.2) is 13.1 Å². The molecule has 0 amide bonds. The lowest BCUT2D eigenvalue weighted by atomic mass is 9.91. The van der Waals surface area contributed by atoms with E-state index in [-0.39, 0.29) is 18.5 Å². The van der Waals surface area contributed by atoms with Gasteiger partial charge in [-0.05, 0) is 29.8 Å². The second-order valence-electron chi connectivity index (χ2n) is 4.82. The Labute approximate surface area is 130 Å². The molecule has 1 atom stereocenters. The number of halogens is 2. The number of ether oxygens (including phenoxy) is 1. The van der Waals surface area contributed by atoms with E-state index in [2.05, 4.69) is 5.32 Å². The molecule has 106 valence electrons. The van der Waals surface area contributed by atoms with Gasteiger partial charge < -0.3 is 10.1 Å². The van der Waals surface area contributed by atoms with Crippen molar-refractivity contribution < 1.29 is 4.74 Å². The smallest absolute Gasteiger partial charge is 0.129 e. The maximum absolute atomic E-state index is 6.16. The molecular weight excluding hydrogens is 293 g/mol. The van der Waals surface area contributed by atoms with Crippen molar-refractivity contribution in [3.05, 3.63) is 65.2 Å². The fourth-order valence-electron chi connectivity index (χ4n) is 2.26. The zero-order valence-corrected chi connectivity index (χ0v) is 12.5. The third-order valence-electron chi connectivity index (χ3n) is 3.45. The molecule has 0 aromatic heterocycles. The van der Waals surface area contributed by atoms with E-state index in [0.717, 1.165) is 23.9 Å². The highest BCUT2D eigenvalue weighted by Gasteiger charge is 2.30. The number of benzene rings is 2. The topological polar surface area (TPSA) is 21.3 Å². The molecule has 2 aromatic rings. The summed E-state index contributed by atoms with van der Waals surface area (Å²) in [6, 6.07) is 17.9. The molecule has 0 unspecified atom stereocenters. The summed E-state index contributed by atoms with van der Waals surface area (Å²) in [5.41, 5.74) is 1.18. The predicted octanol–water partition coefficient (Wildman–Crippen LogP) is 4.10. The third-order valence-corrected chi connectivity index (χ3v) is 3.70. The largest absolute Gasteiger partial charge is 0.485 e. The highest BCUT2D eigenvalue weighted by Crippen LogP contribution is 2.31. The fraction of sp³-hybridized carbons (Fsp3) is 0.250. The first-order valence-corrected chi connectivity index (χ1v) is 6.88. The molecule has 0 bridgehead atoms. The van der Waals surface area contributed by atoms with E-state index >= 15 is 0 Å². The lowest BCUT2D eigenvalue weighted by molar-refractivity contribution is 0.0993. The van der Waals surface area contributed by atoms with Crippen molar-refractivity contribution in [3.63, 3.8) is 0 Å². The monoisotopic (exact) mass is 309 g/mol. The zero-order valence-electron chi connectivity index (χ0n) is 11.0. The minimum Gasteiger partial charge on any atom is -0.485 e. The number of para-hydroxylation sites is 1. The molecule has 0 spiro atoms. The molecule has 1 fully saturated rings. The van der Waals surface area contributed by atoms with Crippen LogP contribution in [0.15, 0.2) is 54.6 Å². The Morgan fingerprint density at radius 3 is 2.20 bits per heavy atom. The second-order valence-corrected chi connectivity index (χ2v) is 5.26. The lowest BCUT2D eigenvalue weighted by Crippen LogP contribution is -2.46. The van der Waals surface area contributed by atoms with Crippen LogP contribution in [0.4, 0.5) is 0 Å².